The van der Waals surface area contributed by atoms with Crippen LogP contribution in [0.3, 0.4) is 0 Å². The predicted octanol–water partition coefficient (Wildman–Crippen LogP) is 40.4. The minimum Gasteiger partial charge on any atom is -0.494 e. The monoisotopic (exact) mass is 1640 g/mol. The fraction of sp³-hybridized carbons (Fsp3) is 0.707. The molecule has 4 aliphatic carbocycles. The minimum absolute atomic E-state index is 0.807. The van der Waals surface area contributed by atoms with Crippen molar-refractivity contribution >= 4 is 10.8 Å². The van der Waals surface area contributed by atoms with E-state index >= 15 is 0 Å². The van der Waals surface area contributed by atoms with Crippen LogP contribution in [0.2, 0.25) is 0 Å². The molecule has 682 valence electrons. The van der Waals surface area contributed by atoms with Gasteiger partial charge in [-0.3, -0.25) is 0 Å². The van der Waals surface area contributed by atoms with Gasteiger partial charge in [0.05, 0.1) is 19.8 Å². The van der Waals surface area contributed by atoms with E-state index in [9.17, 15) is 0 Å². The second kappa shape index (κ2) is 92.2. The van der Waals surface area contributed by atoms with Crippen molar-refractivity contribution < 1.29 is 14.2 Å². The molecule has 0 N–H and O–H groups in total. The Labute approximate surface area is 744 Å². The lowest BCUT2D eigenvalue weighted by molar-refractivity contribution is 0.309. The van der Waals surface area contributed by atoms with Gasteiger partial charge in [0.1, 0.15) is 17.2 Å². The standard InChI is InChI=1S/C16H18O.C14H16O.C11H22.C11H16.C10H14O.C10H20.C10H22.2C9H18.C9H20.C7H16/c1-2-3-13-17-16-11-9-15(10-12-16)14-7-5-4-6-8-14;1-2-3-10-15-14-9-8-12-6-4-5-7-13(12)11-14;2*1-2-3-5-8-11-9-6-4-7-10-11;1-2-3-9-11-10-7-5-4-6-8-10;1-2-3-7-10-8-5-4-6-9-10;1-3-5-7-9-10-8-6-4-2;2*1-2-6-9-7-4-3-5-8-9;1-3-5-7-9-8-6-4-2;1-3-5-7-6-4-2/h4-12H,2-3,13H2,1H3;4-9,11H,2-3,10H2,1H3;11H,2-10H2,1H3;4,6-7,9-10H,2-3,5,8H2,1H3;4-8H,2-3,9H2,1H3;10H,2-9H2,1H3;3-10H2,1-2H3;2*9H,2-8H2,1H3;3-9H2,1-2H3;3-7H2,1-2H3. The maximum Gasteiger partial charge on any atom is 0.119 e. The molecule has 0 bridgehead atoms. The van der Waals surface area contributed by atoms with Crippen molar-refractivity contribution in [2.24, 2.45) is 23.7 Å². The Morgan fingerprint density at radius 1 is 0.202 bits per heavy atom. The molecule has 0 radical (unpaired) electrons. The smallest absolute Gasteiger partial charge is 0.119 e. The lowest BCUT2D eigenvalue weighted by Gasteiger charge is -2.20. The van der Waals surface area contributed by atoms with Gasteiger partial charge in [-0.25, -0.2) is 0 Å². The third kappa shape index (κ3) is 74.2. The molecule has 4 saturated carbocycles. The van der Waals surface area contributed by atoms with Gasteiger partial charge in [0.2, 0.25) is 0 Å². The molecule has 0 saturated heterocycles. The summed E-state index contributed by atoms with van der Waals surface area (Å²) >= 11 is 0. The molecule has 0 atom stereocenters. The average molecular weight is 1640 g/mol. The van der Waals surface area contributed by atoms with E-state index in [-0.39, 0.29) is 0 Å². The van der Waals surface area contributed by atoms with Crippen molar-refractivity contribution in [2.75, 3.05) is 19.8 Å². The highest BCUT2D eigenvalue weighted by molar-refractivity contribution is 5.83. The Morgan fingerprint density at radius 2 is 0.479 bits per heavy atom. The molecule has 4 fully saturated rings. The van der Waals surface area contributed by atoms with Gasteiger partial charge in [-0.05, 0) is 120 Å². The maximum absolute atomic E-state index is 5.65. The van der Waals surface area contributed by atoms with Gasteiger partial charge in [-0.2, -0.15) is 0 Å². The third-order valence-electron chi connectivity index (χ3n) is 24.0. The van der Waals surface area contributed by atoms with Crippen LogP contribution < -0.4 is 14.2 Å². The van der Waals surface area contributed by atoms with Gasteiger partial charge in [0, 0.05) is 0 Å². The highest BCUT2D eigenvalue weighted by atomic mass is 16.5. The van der Waals surface area contributed by atoms with Crippen molar-refractivity contribution in [3.8, 4) is 28.4 Å². The number of hydrogen-bond donors (Lipinski definition) is 0. The van der Waals surface area contributed by atoms with Crippen LogP contribution in [0.5, 0.6) is 17.2 Å². The van der Waals surface area contributed by atoms with Crippen LogP contribution in [0.4, 0.5) is 0 Å². The van der Waals surface area contributed by atoms with Crippen LogP contribution in [-0.2, 0) is 6.42 Å². The zero-order chi connectivity index (χ0) is 86.7. The van der Waals surface area contributed by atoms with Crippen LogP contribution in [0.25, 0.3) is 21.9 Å². The molecule has 0 unspecified atom stereocenters. The number of aryl methyl sites for hydroxylation is 1. The van der Waals surface area contributed by atoms with Gasteiger partial charge in [0.15, 0.2) is 0 Å². The summed E-state index contributed by atoms with van der Waals surface area (Å²) in [4.78, 5) is 0. The largest absolute Gasteiger partial charge is 0.494 e. The van der Waals surface area contributed by atoms with Gasteiger partial charge in [-0.1, -0.05) is 578 Å². The number of unbranched alkanes of at least 4 members (excludes halogenated alkanes) is 25. The fourth-order valence-corrected chi connectivity index (χ4v) is 16.2. The summed E-state index contributed by atoms with van der Waals surface area (Å²) in [6.45, 7) is 33.9. The second-order valence-electron chi connectivity index (χ2n) is 35.4. The van der Waals surface area contributed by atoms with E-state index in [0.717, 1.165) is 80.0 Å². The highest BCUT2D eigenvalue weighted by Gasteiger charge is 2.15. The number of hydrogen-bond acceptors (Lipinski definition) is 3. The maximum atomic E-state index is 5.65. The average Bonchev–Trinajstić information content (AvgIpc) is 0.849. The van der Waals surface area contributed by atoms with Crippen LogP contribution >= 0.6 is 0 Å². The molecule has 0 spiro atoms. The summed E-state index contributed by atoms with van der Waals surface area (Å²) in [7, 11) is 0. The number of ether oxygens (including phenoxy) is 3. The first-order valence-electron chi connectivity index (χ1n) is 52.2. The molecule has 3 heteroatoms. The predicted molar refractivity (Wildman–Crippen MR) is 539 cm³/mol. The third-order valence-corrected chi connectivity index (χ3v) is 24.0. The Hall–Kier alpha value is -5.02. The SMILES string of the molecule is CCCC1CCCCC1.CCCC1CCCCC1.CCCCC1CCCCC1.CCCCCC1CCCCC1.CCCCCCC.CCCCCCCCC.CCCCCCCCCC.CCCCCc1ccccc1.CCCCOc1ccc(-c2ccccc2)cc1.CCCCOc1ccc2ccccc2c1.CCCCOc1ccccc1. The van der Waals surface area contributed by atoms with Gasteiger partial charge < -0.3 is 14.2 Å². The van der Waals surface area contributed by atoms with Crippen molar-refractivity contribution in [1.82, 2.24) is 0 Å². The lowest BCUT2D eigenvalue weighted by Crippen LogP contribution is -2.05. The quantitative estimate of drug-likeness (QED) is 0.0357. The molecular weight excluding hydrogens is 1440 g/mol. The first-order valence-corrected chi connectivity index (χ1v) is 52.2. The molecule has 0 aromatic heterocycles. The Balaban J connectivity index is 0.00000130. The summed E-state index contributed by atoms with van der Waals surface area (Å²) in [5, 5.41) is 2.51. The van der Waals surface area contributed by atoms with E-state index in [1.165, 1.54) is 400 Å². The number of benzene rings is 6. The van der Waals surface area contributed by atoms with E-state index in [4.69, 9.17) is 14.2 Å². The zero-order valence-electron chi connectivity index (χ0n) is 81.8. The summed E-state index contributed by atoms with van der Waals surface area (Å²) in [6.07, 6.45) is 86.8. The Morgan fingerprint density at radius 3 is 0.857 bits per heavy atom. The molecule has 119 heavy (non-hydrogen) atoms. The van der Waals surface area contributed by atoms with Crippen molar-refractivity contribution in [1.29, 1.82) is 0 Å². The highest BCUT2D eigenvalue weighted by Crippen LogP contribution is 2.31. The molecular formula is C116H200O3. The molecule has 0 heterocycles. The van der Waals surface area contributed by atoms with E-state index in [1.807, 2.05) is 54.6 Å². The van der Waals surface area contributed by atoms with Crippen LogP contribution in [0.1, 0.15) is 488 Å². The van der Waals surface area contributed by atoms with Crippen molar-refractivity contribution in [3.05, 3.63) is 163 Å². The normalized spacial score (nSPS) is 13.8. The van der Waals surface area contributed by atoms with Gasteiger partial charge in [0.25, 0.3) is 0 Å². The van der Waals surface area contributed by atoms with E-state index in [2.05, 4.69) is 200 Å². The molecule has 10 rings (SSSR count). The van der Waals surface area contributed by atoms with Crippen LogP contribution in [0, 0.1) is 23.7 Å². The molecule has 6 aromatic carbocycles. The van der Waals surface area contributed by atoms with E-state index in [1.54, 1.807) is 0 Å². The number of para-hydroxylation sites is 1. The van der Waals surface area contributed by atoms with E-state index in [0.29, 0.717) is 0 Å². The molecule has 0 amide bonds. The fourth-order valence-electron chi connectivity index (χ4n) is 16.2. The Kier molecular flexibility index (Phi) is 88.3. The first kappa shape index (κ1) is 114. The summed E-state index contributed by atoms with van der Waals surface area (Å²) in [6, 6.07) is 53.9. The van der Waals surface area contributed by atoms with Crippen molar-refractivity contribution in [2.45, 2.75) is 489 Å². The van der Waals surface area contributed by atoms with Crippen LogP contribution in [-0.4, -0.2) is 19.8 Å². The van der Waals surface area contributed by atoms with Crippen LogP contribution in [0.15, 0.2) is 158 Å². The molecule has 3 nitrogen and oxygen atoms in total. The molecule has 6 aromatic rings. The lowest BCUT2D eigenvalue weighted by atomic mass is 9.86. The van der Waals surface area contributed by atoms with Crippen molar-refractivity contribution in [3.63, 3.8) is 0 Å². The topological polar surface area (TPSA) is 27.7 Å². The minimum atomic E-state index is 0.807. The number of rotatable bonds is 45. The molecule has 4 aliphatic rings. The number of fused-ring (bicyclic) bond motifs is 1. The first-order chi connectivity index (χ1) is 58.6. The van der Waals surface area contributed by atoms with Gasteiger partial charge in [-0.15, -0.1) is 0 Å². The van der Waals surface area contributed by atoms with Gasteiger partial charge >= 0.3 is 0 Å². The zero-order valence-corrected chi connectivity index (χ0v) is 81.8. The summed E-state index contributed by atoms with van der Waals surface area (Å²) < 4.78 is 16.7. The van der Waals surface area contributed by atoms with E-state index < -0.39 is 0 Å². The summed E-state index contributed by atoms with van der Waals surface area (Å²) in [5.74, 6) is 7.32. The summed E-state index contributed by atoms with van der Waals surface area (Å²) in [5.41, 5.74) is 3.95. The molecule has 0 aliphatic heterocycles. The Bertz CT molecular complexity index is 2730. The second-order valence-corrected chi connectivity index (χ2v) is 35.4.